The van der Waals surface area contributed by atoms with Gasteiger partial charge in [0.1, 0.15) is 6.54 Å². The highest BCUT2D eigenvalue weighted by molar-refractivity contribution is 6.10. The molecule has 12 nitrogen and oxygen atoms in total. The summed E-state index contributed by atoms with van der Waals surface area (Å²) in [4.78, 5) is 73.9. The van der Waals surface area contributed by atoms with Crippen molar-refractivity contribution in [3.63, 3.8) is 0 Å². The van der Waals surface area contributed by atoms with Crippen molar-refractivity contribution in [2.45, 2.75) is 13.3 Å². The van der Waals surface area contributed by atoms with Gasteiger partial charge in [0.05, 0.1) is 21.7 Å². The van der Waals surface area contributed by atoms with E-state index in [0.29, 0.717) is 16.4 Å². The van der Waals surface area contributed by atoms with Crippen LogP contribution in [0.5, 0.6) is 0 Å². The molecule has 0 saturated carbocycles. The lowest BCUT2D eigenvalue weighted by Gasteiger charge is -2.30. The first-order valence-corrected chi connectivity index (χ1v) is 11.0. The molecule has 2 aromatic carbocycles. The average molecular weight is 492 g/mol. The van der Waals surface area contributed by atoms with Gasteiger partial charge in [-0.2, -0.15) is 5.01 Å². The van der Waals surface area contributed by atoms with Crippen LogP contribution >= 0.6 is 0 Å². The van der Waals surface area contributed by atoms with E-state index >= 15 is 0 Å². The van der Waals surface area contributed by atoms with Crippen LogP contribution in [-0.4, -0.2) is 49.9 Å². The van der Waals surface area contributed by atoms with Crippen molar-refractivity contribution in [2.24, 2.45) is 17.8 Å². The van der Waals surface area contributed by atoms with Gasteiger partial charge in [-0.3, -0.25) is 39.4 Å². The van der Waals surface area contributed by atoms with E-state index in [4.69, 9.17) is 0 Å². The minimum Gasteiger partial charge on any atom is -0.292 e. The molecule has 2 aliphatic rings. The summed E-state index contributed by atoms with van der Waals surface area (Å²) in [5, 5.41) is 23.5. The molecule has 3 amide bonds. The molecule has 36 heavy (non-hydrogen) atoms. The summed E-state index contributed by atoms with van der Waals surface area (Å²) in [6.07, 6.45) is 3.89. The Hall–Kier alpha value is -4.74. The standard InChI is InChI=1S/C24H20N4O8/c1-14-4-2-7-19-21(14)24(32)26(23(19)31)25(22(30)16-5-3-6-18(12-16)28(35)36)13-20(29)15-8-10-17(11-9-15)27(33)34/h2-6,8-12,14,19,21H,7,13H2,1H3/t14-,19+,21+/m1/s1. The number of rotatable bonds is 7. The van der Waals surface area contributed by atoms with E-state index in [-0.39, 0.29) is 28.4 Å². The van der Waals surface area contributed by atoms with Crippen LogP contribution in [0.1, 0.15) is 34.1 Å². The van der Waals surface area contributed by atoms with E-state index in [1.54, 1.807) is 13.0 Å². The van der Waals surface area contributed by atoms with Crippen LogP contribution < -0.4 is 0 Å². The molecule has 1 saturated heterocycles. The Balaban J connectivity index is 1.71. The van der Waals surface area contributed by atoms with Crippen molar-refractivity contribution < 1.29 is 29.0 Å². The number of amides is 3. The summed E-state index contributed by atoms with van der Waals surface area (Å²) < 4.78 is 0. The number of hydrogen-bond donors (Lipinski definition) is 0. The first kappa shape index (κ1) is 24.4. The number of hydrazine groups is 1. The van der Waals surface area contributed by atoms with Gasteiger partial charge >= 0.3 is 0 Å². The molecule has 1 aliphatic carbocycles. The molecule has 1 aliphatic heterocycles. The highest BCUT2D eigenvalue weighted by Crippen LogP contribution is 2.39. The topological polar surface area (TPSA) is 161 Å². The van der Waals surface area contributed by atoms with Gasteiger partial charge in [0.2, 0.25) is 0 Å². The molecule has 1 heterocycles. The SMILES string of the molecule is C[C@@H]1C=CC[C@@H]2C(=O)N(N(CC(=O)c3ccc([N+](=O)[O-])cc3)C(=O)c3cccc([N+](=O)[O-])c3)C(=O)[C@@H]12. The maximum absolute atomic E-state index is 13.5. The van der Waals surface area contributed by atoms with E-state index in [9.17, 15) is 39.4 Å². The number of benzene rings is 2. The second-order valence-electron chi connectivity index (χ2n) is 8.54. The zero-order valence-corrected chi connectivity index (χ0v) is 19.0. The summed E-state index contributed by atoms with van der Waals surface area (Å²) in [7, 11) is 0. The largest absolute Gasteiger partial charge is 0.292 e. The highest BCUT2D eigenvalue weighted by atomic mass is 16.6. The lowest BCUT2D eigenvalue weighted by Crippen LogP contribution is -2.52. The first-order chi connectivity index (χ1) is 17.1. The zero-order chi connectivity index (χ0) is 26.1. The molecular weight excluding hydrogens is 472 g/mol. The number of ketones is 1. The Morgan fingerprint density at radius 3 is 2.25 bits per heavy atom. The van der Waals surface area contributed by atoms with E-state index in [0.717, 1.165) is 18.2 Å². The number of allylic oxidation sites excluding steroid dienone is 2. The summed E-state index contributed by atoms with van der Waals surface area (Å²) in [5.41, 5.74) is -0.800. The number of carbonyl (C=O) groups is 4. The Bertz CT molecular complexity index is 1320. The van der Waals surface area contributed by atoms with Crippen LogP contribution in [0.3, 0.4) is 0 Å². The maximum atomic E-state index is 13.5. The monoisotopic (exact) mass is 492 g/mol. The predicted molar refractivity (Wildman–Crippen MR) is 123 cm³/mol. The van der Waals surface area contributed by atoms with Crippen molar-refractivity contribution in [1.82, 2.24) is 10.0 Å². The van der Waals surface area contributed by atoms with Gasteiger partial charge in [-0.15, -0.1) is 0 Å². The van der Waals surface area contributed by atoms with Gasteiger partial charge in [0.25, 0.3) is 29.1 Å². The molecule has 184 valence electrons. The summed E-state index contributed by atoms with van der Waals surface area (Å²) >= 11 is 0. The lowest BCUT2D eigenvalue weighted by molar-refractivity contribution is -0.385. The Morgan fingerprint density at radius 1 is 0.972 bits per heavy atom. The number of hydrogen-bond acceptors (Lipinski definition) is 8. The second kappa shape index (κ2) is 9.49. The molecule has 1 fully saturated rings. The summed E-state index contributed by atoms with van der Waals surface area (Å²) in [6.45, 7) is 1.04. The molecular formula is C24H20N4O8. The Morgan fingerprint density at radius 2 is 1.64 bits per heavy atom. The molecule has 3 atom stereocenters. The van der Waals surface area contributed by atoms with Crippen LogP contribution in [0.4, 0.5) is 11.4 Å². The van der Waals surface area contributed by atoms with Gasteiger partial charge < -0.3 is 0 Å². The fraction of sp³-hybridized carbons (Fsp3) is 0.250. The fourth-order valence-electron chi connectivity index (χ4n) is 4.50. The molecule has 2 aromatic rings. The molecule has 12 heteroatoms. The van der Waals surface area contributed by atoms with E-state index in [1.807, 2.05) is 6.08 Å². The number of Topliss-reactive ketones (excluding diaryl/α,β-unsaturated/α-hetero) is 1. The third-order valence-corrected chi connectivity index (χ3v) is 6.32. The minimum absolute atomic E-state index is 0.0176. The summed E-state index contributed by atoms with van der Waals surface area (Å²) in [6, 6.07) is 9.38. The van der Waals surface area contributed by atoms with Crippen molar-refractivity contribution in [3.05, 3.63) is 92.0 Å². The summed E-state index contributed by atoms with van der Waals surface area (Å²) in [5.74, 6) is -4.61. The number of fused-ring (bicyclic) bond motifs is 1. The normalized spacial score (nSPS) is 20.7. The van der Waals surface area contributed by atoms with Crippen LogP contribution in [-0.2, 0) is 9.59 Å². The Labute approximate surface area is 204 Å². The van der Waals surface area contributed by atoms with Gasteiger partial charge in [0, 0.05) is 35.4 Å². The smallest absolute Gasteiger partial charge is 0.273 e. The van der Waals surface area contributed by atoms with Crippen LogP contribution in [0.15, 0.2) is 60.7 Å². The molecule has 4 rings (SSSR count). The van der Waals surface area contributed by atoms with Crippen LogP contribution in [0.25, 0.3) is 0 Å². The van der Waals surface area contributed by atoms with Gasteiger partial charge in [-0.1, -0.05) is 25.1 Å². The van der Waals surface area contributed by atoms with Gasteiger partial charge in [0.15, 0.2) is 5.78 Å². The Kier molecular flexibility index (Phi) is 6.43. The number of carbonyl (C=O) groups excluding carboxylic acids is 4. The van der Waals surface area contributed by atoms with E-state index in [1.165, 1.54) is 30.3 Å². The molecule has 0 aromatic heterocycles. The average Bonchev–Trinajstić information content (AvgIpc) is 3.12. The predicted octanol–water partition coefficient (Wildman–Crippen LogP) is 2.94. The third kappa shape index (κ3) is 4.35. The number of nitro benzene ring substituents is 2. The first-order valence-electron chi connectivity index (χ1n) is 11.0. The van der Waals surface area contributed by atoms with E-state index in [2.05, 4.69) is 0 Å². The fourth-order valence-corrected chi connectivity index (χ4v) is 4.50. The zero-order valence-electron chi connectivity index (χ0n) is 19.0. The maximum Gasteiger partial charge on any atom is 0.273 e. The second-order valence-corrected chi connectivity index (χ2v) is 8.54. The molecule has 0 radical (unpaired) electrons. The molecule has 0 N–H and O–H groups in total. The molecule has 0 unspecified atom stereocenters. The minimum atomic E-state index is -0.949. The number of nitro groups is 2. The van der Waals surface area contributed by atoms with Gasteiger partial charge in [-0.25, -0.2) is 5.01 Å². The van der Waals surface area contributed by atoms with E-state index < -0.39 is 51.7 Å². The van der Waals surface area contributed by atoms with Crippen molar-refractivity contribution in [1.29, 1.82) is 0 Å². The highest BCUT2D eigenvalue weighted by Gasteiger charge is 2.53. The van der Waals surface area contributed by atoms with Crippen molar-refractivity contribution in [2.75, 3.05) is 6.54 Å². The van der Waals surface area contributed by atoms with Crippen LogP contribution in [0, 0.1) is 38.0 Å². The quantitative estimate of drug-likeness (QED) is 0.187. The molecule has 0 bridgehead atoms. The van der Waals surface area contributed by atoms with Crippen molar-refractivity contribution >= 4 is 34.9 Å². The number of nitrogens with zero attached hydrogens (tertiary/aromatic N) is 4. The van der Waals surface area contributed by atoms with Crippen LogP contribution in [0.2, 0.25) is 0 Å². The third-order valence-electron chi connectivity index (χ3n) is 6.32. The number of non-ortho nitro benzene ring substituents is 2. The molecule has 0 spiro atoms. The number of imide groups is 1. The van der Waals surface area contributed by atoms with Gasteiger partial charge in [-0.05, 0) is 30.5 Å². The van der Waals surface area contributed by atoms with Crippen molar-refractivity contribution in [3.8, 4) is 0 Å². The lowest BCUT2D eigenvalue weighted by atomic mass is 9.78.